The highest BCUT2D eigenvalue weighted by Gasteiger charge is 2.49. The van der Waals surface area contributed by atoms with Gasteiger partial charge in [-0.2, -0.15) is 0 Å². The zero-order chi connectivity index (χ0) is 34.6. The number of carbonyl (C=O) groups excluding carboxylic acids is 2. The zero-order valence-corrected chi connectivity index (χ0v) is 29.2. The van der Waals surface area contributed by atoms with Crippen LogP contribution in [0.25, 0.3) is 0 Å². The molecule has 1 fully saturated rings. The van der Waals surface area contributed by atoms with E-state index in [1.165, 1.54) is 14.0 Å². The Bertz CT molecular complexity index is 1870. The molecule has 4 atom stereocenters. The lowest BCUT2D eigenvalue weighted by Gasteiger charge is -2.20. The number of ether oxygens (including phenoxy) is 3. The summed E-state index contributed by atoms with van der Waals surface area (Å²) in [5.74, 6) is -2.34. The minimum atomic E-state index is -1.06. The number of aliphatic hydroxyl groups is 1. The summed E-state index contributed by atoms with van der Waals surface area (Å²) in [6, 6.07) is 0. The maximum atomic E-state index is 13.4. The molecule has 5 heterocycles. The highest BCUT2D eigenvalue weighted by molar-refractivity contribution is 6.24. The standard InChI is InChI=1S/C38H44N4O6/c1-10-23-17(3)25-16-30-31(21(7)47-11-2)19(5)27(40-30)14-26-18(4)24(12-13-48-22(8)43)35(41-26)33-34(38(45)46-9)37(44)32-20(6)28(42-36(32)33)15-29(23)39-25/h14-16,18,21,24,34,41,44H,10-13H2,1-9H3/t18-,21?,24-,34?/m0/s1. The van der Waals surface area contributed by atoms with Gasteiger partial charge in [-0.3, -0.25) is 9.59 Å². The molecule has 10 nitrogen and oxygen atoms in total. The fraction of sp³-hybridized carbons (Fsp3) is 0.447. The predicted octanol–water partition coefficient (Wildman–Crippen LogP) is 6.44. The van der Waals surface area contributed by atoms with Crippen molar-refractivity contribution in [3.05, 3.63) is 91.5 Å². The lowest BCUT2D eigenvalue weighted by atomic mass is 9.85. The molecule has 0 spiro atoms. The maximum absolute atomic E-state index is 13.4. The van der Waals surface area contributed by atoms with Crippen LogP contribution in [-0.4, -0.2) is 60.6 Å². The number of aliphatic hydroxyl groups excluding tert-OH is 1. The van der Waals surface area contributed by atoms with Crippen molar-refractivity contribution >= 4 is 29.1 Å². The van der Waals surface area contributed by atoms with Crippen LogP contribution < -0.4 is 5.32 Å². The fourth-order valence-electron chi connectivity index (χ4n) is 7.69. The number of fused-ring (bicyclic) bond motifs is 5. The molecule has 1 saturated heterocycles. The van der Waals surface area contributed by atoms with Crippen LogP contribution in [-0.2, 0) is 23.8 Å². The average Bonchev–Trinajstić information content (AvgIpc) is 3.78. The van der Waals surface area contributed by atoms with Crippen LogP contribution >= 0.6 is 0 Å². The lowest BCUT2D eigenvalue weighted by Crippen LogP contribution is -2.25. The van der Waals surface area contributed by atoms with Crippen LogP contribution in [0.4, 0.5) is 0 Å². The minimum absolute atomic E-state index is 0.0742. The third-order valence-electron chi connectivity index (χ3n) is 10.2. The molecule has 2 unspecified atom stereocenters. The summed E-state index contributed by atoms with van der Waals surface area (Å²) >= 11 is 0. The number of aliphatic imine (C=N–C) groups is 3. The molecule has 5 aliphatic heterocycles. The van der Waals surface area contributed by atoms with Crippen molar-refractivity contribution in [3.8, 4) is 0 Å². The molecule has 48 heavy (non-hydrogen) atoms. The van der Waals surface area contributed by atoms with Gasteiger partial charge in [0.05, 0.1) is 54.0 Å². The number of methoxy groups -OCH3 is 1. The molecular weight excluding hydrogens is 608 g/mol. The second-order valence-corrected chi connectivity index (χ2v) is 12.9. The number of rotatable bonds is 8. The van der Waals surface area contributed by atoms with Gasteiger partial charge < -0.3 is 24.6 Å². The van der Waals surface area contributed by atoms with E-state index in [0.717, 1.165) is 68.5 Å². The number of nitrogens with one attached hydrogen (secondary N) is 1. The second kappa shape index (κ2) is 12.8. The van der Waals surface area contributed by atoms with Gasteiger partial charge in [0.2, 0.25) is 0 Å². The molecule has 0 aromatic carbocycles. The third-order valence-corrected chi connectivity index (χ3v) is 10.2. The monoisotopic (exact) mass is 652 g/mol. The molecule has 2 N–H and O–H groups in total. The number of allylic oxidation sites excluding steroid dienone is 10. The number of esters is 2. The van der Waals surface area contributed by atoms with Gasteiger partial charge in [0.15, 0.2) is 0 Å². The highest BCUT2D eigenvalue weighted by Crippen LogP contribution is 2.49. The van der Waals surface area contributed by atoms with E-state index in [1.807, 2.05) is 26.8 Å². The van der Waals surface area contributed by atoms with Gasteiger partial charge in [-0.25, -0.2) is 15.0 Å². The van der Waals surface area contributed by atoms with Crippen molar-refractivity contribution in [1.82, 2.24) is 5.32 Å². The largest absolute Gasteiger partial charge is 0.510 e. The van der Waals surface area contributed by atoms with Crippen molar-refractivity contribution in [2.24, 2.45) is 32.7 Å². The van der Waals surface area contributed by atoms with E-state index in [2.05, 4.69) is 45.2 Å². The molecule has 0 aromatic heterocycles. The summed E-state index contributed by atoms with van der Waals surface area (Å²) in [5, 5.41) is 15.3. The summed E-state index contributed by atoms with van der Waals surface area (Å²) in [7, 11) is 1.32. The summed E-state index contributed by atoms with van der Waals surface area (Å²) in [4.78, 5) is 40.5. The van der Waals surface area contributed by atoms with Crippen molar-refractivity contribution in [2.45, 2.75) is 74.3 Å². The van der Waals surface area contributed by atoms with Gasteiger partial charge >= 0.3 is 11.9 Å². The van der Waals surface area contributed by atoms with E-state index in [1.54, 1.807) is 0 Å². The molecule has 6 rings (SSSR count). The second-order valence-electron chi connectivity index (χ2n) is 12.9. The van der Waals surface area contributed by atoms with Gasteiger partial charge in [-0.15, -0.1) is 0 Å². The number of nitrogens with zero attached hydrogens (tertiary/aromatic N) is 3. The van der Waals surface area contributed by atoms with Crippen LogP contribution in [0.3, 0.4) is 0 Å². The summed E-state index contributed by atoms with van der Waals surface area (Å²) in [5.41, 5.74) is 12.2. The van der Waals surface area contributed by atoms with Crippen LogP contribution in [0, 0.1) is 17.8 Å². The average molecular weight is 653 g/mol. The Labute approximate surface area is 281 Å². The first-order chi connectivity index (χ1) is 22.9. The molecule has 8 bridgehead atoms. The van der Waals surface area contributed by atoms with E-state index in [9.17, 15) is 14.7 Å². The van der Waals surface area contributed by atoms with E-state index < -0.39 is 11.9 Å². The van der Waals surface area contributed by atoms with E-state index in [0.29, 0.717) is 35.6 Å². The Morgan fingerprint density at radius 3 is 2.38 bits per heavy atom. The van der Waals surface area contributed by atoms with Gasteiger partial charge in [-0.1, -0.05) is 13.8 Å². The number of carbonyl (C=O) groups is 2. The topological polar surface area (TPSA) is 131 Å². The normalized spacial score (nSPS) is 25.2. The molecular formula is C38H44N4O6. The Hall–Kier alpha value is -4.57. The molecule has 0 aromatic rings. The van der Waals surface area contributed by atoms with Crippen LogP contribution in [0.5, 0.6) is 0 Å². The smallest absolute Gasteiger partial charge is 0.321 e. The zero-order valence-electron chi connectivity index (χ0n) is 29.2. The summed E-state index contributed by atoms with van der Waals surface area (Å²) in [6.45, 7) is 16.5. The first-order valence-electron chi connectivity index (χ1n) is 16.7. The Kier molecular flexibility index (Phi) is 8.89. The summed E-state index contributed by atoms with van der Waals surface area (Å²) in [6.07, 6.45) is 7.15. The van der Waals surface area contributed by atoms with Gasteiger partial charge in [-0.05, 0) is 88.0 Å². The first kappa shape index (κ1) is 33.3. The van der Waals surface area contributed by atoms with Crippen molar-refractivity contribution < 1.29 is 28.9 Å². The molecule has 10 heteroatoms. The molecule has 0 saturated carbocycles. The summed E-state index contributed by atoms with van der Waals surface area (Å²) < 4.78 is 16.7. The van der Waals surface area contributed by atoms with Gasteiger partial charge in [0.1, 0.15) is 11.7 Å². The van der Waals surface area contributed by atoms with Crippen molar-refractivity contribution in [2.75, 3.05) is 20.3 Å². The lowest BCUT2D eigenvalue weighted by molar-refractivity contribution is -0.143. The van der Waals surface area contributed by atoms with Crippen LogP contribution in [0.1, 0.15) is 68.2 Å². The van der Waals surface area contributed by atoms with Crippen LogP contribution in [0.15, 0.2) is 106 Å². The van der Waals surface area contributed by atoms with E-state index in [4.69, 9.17) is 29.2 Å². The highest BCUT2D eigenvalue weighted by atomic mass is 16.5. The molecule has 0 amide bonds. The van der Waals surface area contributed by atoms with Gasteiger partial charge in [0, 0.05) is 53.5 Å². The third kappa shape index (κ3) is 5.36. The Morgan fingerprint density at radius 1 is 1.00 bits per heavy atom. The molecule has 0 radical (unpaired) electrons. The Balaban J connectivity index is 1.64. The number of hydrogen-bond acceptors (Lipinski definition) is 10. The predicted molar refractivity (Wildman–Crippen MR) is 185 cm³/mol. The van der Waals surface area contributed by atoms with E-state index >= 15 is 0 Å². The SMILES string of the molecule is CCOC(C)C1=C(C)C2=NC1=CC1=NC(=CC3=C(C)C4=C(O)C(C(=O)OC)C(=C5NC(=C2)[C@@H](C)[C@@H]5CCOC(C)=O)C4=N3)C(CC)=C1C. The molecule has 252 valence electrons. The maximum Gasteiger partial charge on any atom is 0.321 e. The first-order valence-corrected chi connectivity index (χ1v) is 16.7. The minimum Gasteiger partial charge on any atom is -0.510 e. The van der Waals surface area contributed by atoms with Crippen molar-refractivity contribution in [1.29, 1.82) is 0 Å². The Morgan fingerprint density at radius 2 is 1.71 bits per heavy atom. The quantitative estimate of drug-likeness (QED) is 0.289. The molecule has 1 aliphatic carbocycles. The van der Waals surface area contributed by atoms with Crippen molar-refractivity contribution in [3.63, 3.8) is 0 Å². The van der Waals surface area contributed by atoms with Crippen LogP contribution in [0.2, 0.25) is 0 Å². The van der Waals surface area contributed by atoms with E-state index in [-0.39, 0.29) is 36.3 Å². The fourth-order valence-corrected chi connectivity index (χ4v) is 7.69. The van der Waals surface area contributed by atoms with Gasteiger partial charge in [0.25, 0.3) is 0 Å². The molecule has 6 aliphatic rings. The number of hydrogen-bond donors (Lipinski definition) is 2.